The Bertz CT molecular complexity index is 6240. The molecule has 4 aliphatic carbocycles. The van der Waals surface area contributed by atoms with Crippen molar-refractivity contribution in [1.29, 1.82) is 0 Å². The van der Waals surface area contributed by atoms with E-state index < -0.39 is 203 Å². The highest BCUT2D eigenvalue weighted by Gasteiger charge is 2.66. The Kier molecular flexibility index (Phi) is 28.4. The van der Waals surface area contributed by atoms with Gasteiger partial charge < -0.3 is 82.1 Å². The van der Waals surface area contributed by atoms with Crippen LogP contribution in [0, 0.1) is 67.0 Å². The number of rotatable bonds is 24. The molecule has 4 saturated carbocycles. The summed E-state index contributed by atoms with van der Waals surface area (Å²) in [6, 6.07) is 18.6. The van der Waals surface area contributed by atoms with Crippen LogP contribution in [0.2, 0.25) is 10.0 Å². The molecule has 8 heterocycles. The van der Waals surface area contributed by atoms with Gasteiger partial charge in [-0.15, -0.1) is 0 Å². The van der Waals surface area contributed by atoms with Crippen molar-refractivity contribution in [2.75, 3.05) is 49.5 Å². The van der Waals surface area contributed by atoms with E-state index >= 15 is 0 Å². The first kappa shape index (κ1) is 104. The van der Waals surface area contributed by atoms with Gasteiger partial charge in [-0.3, -0.25) is 76.7 Å². The predicted octanol–water partition coefficient (Wildman–Crippen LogP) is 11.8. The third kappa shape index (κ3) is 20.1. The number of anilines is 4. The molecule has 4 aromatic carbocycles. The van der Waals surface area contributed by atoms with Gasteiger partial charge >= 0.3 is 0 Å². The summed E-state index contributed by atoms with van der Waals surface area (Å²) in [5.41, 5.74) is 10.6. The maximum absolute atomic E-state index is 13.9. The van der Waals surface area contributed by atoms with Crippen LogP contribution in [0.15, 0.2) is 72.8 Å². The van der Waals surface area contributed by atoms with Crippen molar-refractivity contribution in [1.82, 2.24) is 49.3 Å². The summed E-state index contributed by atoms with van der Waals surface area (Å²) < 4.78 is 143. The molecule has 32 nitrogen and oxygen atoms in total. The first-order valence-corrected chi connectivity index (χ1v) is 45.2. The van der Waals surface area contributed by atoms with E-state index in [1.165, 1.54) is 72.4 Å². The number of likely N-dealkylation sites (N-methyl/N-ethyl adjacent to an activating group) is 2. The zero-order chi connectivity index (χ0) is 103. The Hall–Kier alpha value is -13.8. The number of aromatic nitrogens is 4. The van der Waals surface area contributed by atoms with Crippen molar-refractivity contribution >= 4 is 140 Å². The second-order valence-corrected chi connectivity index (χ2v) is 38.1. The Labute approximate surface area is 803 Å². The predicted molar refractivity (Wildman–Crippen MR) is 490 cm³/mol. The number of benzene rings is 4. The highest BCUT2D eigenvalue weighted by atomic mass is 35.5. The number of fused-ring (bicyclic) bond motifs is 4. The molecule has 4 aliphatic heterocycles. The molecule has 0 saturated heterocycles. The van der Waals surface area contributed by atoms with E-state index in [4.69, 9.17) is 34.7 Å². The lowest BCUT2D eigenvalue weighted by Crippen LogP contribution is -2.69. The highest BCUT2D eigenvalue weighted by Crippen LogP contribution is 2.51. The largest absolute Gasteiger partial charge is 0.368 e. The lowest BCUT2D eigenvalue weighted by molar-refractivity contribution is -0.171. The molecule has 12 N–H and O–H groups in total. The Balaban J connectivity index is 0.000000157. The van der Waals surface area contributed by atoms with Gasteiger partial charge in [-0.1, -0.05) is 47.5 Å². The van der Waals surface area contributed by atoms with Crippen LogP contribution in [-0.2, 0) is 90.2 Å². The van der Waals surface area contributed by atoms with Gasteiger partial charge in [-0.05, 0) is 200 Å². The van der Waals surface area contributed by atoms with Crippen LogP contribution >= 0.6 is 23.2 Å². The Morgan fingerprint density at radius 3 is 0.729 bits per heavy atom. The molecule has 744 valence electrons. The first-order chi connectivity index (χ1) is 65.2. The van der Waals surface area contributed by atoms with Crippen molar-refractivity contribution in [3.63, 3.8) is 0 Å². The highest BCUT2D eigenvalue weighted by molar-refractivity contribution is 6.46. The smallest absolute Gasteiger partial charge is 0.293 e. The van der Waals surface area contributed by atoms with E-state index in [0.29, 0.717) is 138 Å². The number of nitrogens with two attached hydrogens (primary N) is 2. The van der Waals surface area contributed by atoms with Crippen LogP contribution in [0.25, 0.3) is 0 Å². The number of hydrogen-bond acceptors (Lipinski definition) is 16. The van der Waals surface area contributed by atoms with Gasteiger partial charge in [0.05, 0.1) is 22.3 Å². The van der Waals surface area contributed by atoms with Crippen LogP contribution in [0.5, 0.6) is 0 Å². The van der Waals surface area contributed by atoms with E-state index in [2.05, 4.69) is 42.5 Å². The Morgan fingerprint density at radius 2 is 0.529 bits per heavy atom. The van der Waals surface area contributed by atoms with Gasteiger partial charge in [-0.2, -0.15) is 0 Å². The van der Waals surface area contributed by atoms with E-state index in [0.717, 1.165) is 20.9 Å². The molecular weight excluding hydrogens is 1890 g/mol. The van der Waals surface area contributed by atoms with Gasteiger partial charge in [-0.25, -0.2) is 43.9 Å². The average Bonchev–Trinajstić information content (AvgIpc) is 1.31. The average molecular weight is 1990 g/mol. The molecule has 140 heavy (non-hydrogen) atoms. The molecule has 0 atom stereocenters. The molecule has 8 aromatic rings. The van der Waals surface area contributed by atoms with Gasteiger partial charge in [0.2, 0.25) is 23.6 Å². The number of ketones is 4. The minimum atomic E-state index is -3.17. The number of nitrogens with one attached hydrogen (secondary N) is 8. The minimum Gasteiger partial charge on any atom is -0.368 e. The zero-order valence-corrected chi connectivity index (χ0v) is 79.5. The summed E-state index contributed by atoms with van der Waals surface area (Å²) >= 11 is 12.3. The molecule has 0 unspecified atom stereocenters. The number of Topliss-reactive ketones (excluding diaryl/α,β-unsaturated/α-hetero) is 4. The zero-order valence-electron chi connectivity index (χ0n) is 78.0. The fraction of sp³-hybridized carbons (Fsp3) is 0.417. The first-order valence-electron chi connectivity index (χ1n) is 44.4. The number of halogens is 12. The molecule has 4 aromatic heterocycles. The fourth-order valence-corrected chi connectivity index (χ4v) is 20.0. The molecule has 0 radical (unpaired) electrons. The molecule has 12 amide bonds. The topological polar surface area (TPSA) is 448 Å². The maximum Gasteiger partial charge on any atom is 0.293 e. The minimum absolute atomic E-state index is 0.0130. The van der Waals surface area contributed by atoms with E-state index in [-0.39, 0.29) is 73.1 Å². The van der Waals surface area contributed by atoms with Crippen molar-refractivity contribution in [2.24, 2.45) is 11.5 Å². The number of amides is 12. The molecule has 44 heteroatoms. The van der Waals surface area contributed by atoms with Crippen LogP contribution in [-0.4, -0.2) is 196 Å². The summed E-state index contributed by atoms with van der Waals surface area (Å²) in [5.74, 6) is -28.1. The van der Waals surface area contributed by atoms with Crippen LogP contribution in [0.4, 0.5) is 66.7 Å². The number of hydrogen-bond donors (Lipinski definition) is 10. The van der Waals surface area contributed by atoms with Gasteiger partial charge in [0, 0.05) is 161 Å². The van der Waals surface area contributed by atoms with Crippen LogP contribution in [0.1, 0.15) is 228 Å². The quantitative estimate of drug-likeness (QED) is 0.0153. The number of aryl methyl sites for hydroxylation is 4. The molecular formula is C96H100Cl2F10N16O16. The summed E-state index contributed by atoms with van der Waals surface area (Å²) in [6.45, 7) is 14.8. The molecule has 8 aliphatic rings. The summed E-state index contributed by atoms with van der Waals surface area (Å²) in [5, 5.41) is 20.5. The summed E-state index contributed by atoms with van der Waals surface area (Å²) in [4.78, 5) is 207. The lowest BCUT2D eigenvalue weighted by atomic mass is 9.72. The standard InChI is InChI=1S/C25H27ClF2N4O4.C25H27F3N4O4.C23H23ClF2N4O4.C23H23F3N4O4/c2*1-13-7-8-15(10-16(13)26)29-21(34)19-14(2)18(17-6-5-9-32(17)19)20(33)22(35)30-24(23(36)31(3)4)11-25(27,28)12-24;2*1-11-5-6-13(8-14(11)24)28-19(32)17-12(2)16(15-4-3-7-30(15)17)18(31)20(33)29-22(21(27)34)9-23(25,26)10-22/h2*7-8,10H,5-6,9,11-12H2,1-4H3,(H,29,34)(H,30,35);2*5-6,8H,3-4,7,9-10H2,1-2H3,(H2,27,34)(H,28,32)(H,29,33). The third-order valence-electron chi connectivity index (χ3n) is 26.4. The molecule has 0 spiro atoms. The van der Waals surface area contributed by atoms with Gasteiger partial charge in [0.1, 0.15) is 56.6 Å². The van der Waals surface area contributed by atoms with Crippen molar-refractivity contribution in [3.05, 3.63) is 207 Å². The number of nitrogens with zero attached hydrogens (tertiary/aromatic N) is 6. The van der Waals surface area contributed by atoms with Crippen LogP contribution < -0.4 is 54.0 Å². The lowest BCUT2D eigenvalue weighted by Gasteiger charge is -2.47. The van der Waals surface area contributed by atoms with Crippen molar-refractivity contribution < 1.29 is 121 Å². The van der Waals surface area contributed by atoms with Crippen molar-refractivity contribution in [3.8, 4) is 0 Å². The SMILES string of the molecule is Cc1ccc(NC(=O)c2c(C)c(C(=O)C(=O)NC3(C(=O)N(C)C)CC(F)(F)C3)c3n2CCC3)cc1Cl.Cc1ccc(NC(=O)c2c(C)c(C(=O)C(=O)NC3(C(=O)N(C)C)CC(F)(F)C3)c3n2CCC3)cc1F.Cc1ccc(NC(=O)c2c(C)c(C(=O)C(=O)NC3(C(N)=O)CC(F)(F)C3)c3n2CCC3)cc1Cl.Cc1ccc(NC(=O)c2c(C)c(C(=O)C(=O)NC3(C(N)=O)CC(F)(F)C3)c3n2CCC3)cc1F. The molecule has 0 bridgehead atoms. The van der Waals surface area contributed by atoms with Gasteiger partial charge in [0.25, 0.3) is 94.1 Å². The van der Waals surface area contributed by atoms with E-state index in [1.807, 2.05) is 13.8 Å². The summed E-state index contributed by atoms with van der Waals surface area (Å²) in [6.07, 6.45) is -3.10. The van der Waals surface area contributed by atoms with Crippen molar-refractivity contribution in [2.45, 2.75) is 230 Å². The number of carbonyl (C=O) groups excluding carboxylic acids is 16. The number of primary amides is 2. The van der Waals surface area contributed by atoms with Crippen LogP contribution in [0.3, 0.4) is 0 Å². The monoisotopic (exact) mass is 1990 g/mol. The number of carbonyl (C=O) groups is 16. The summed E-state index contributed by atoms with van der Waals surface area (Å²) in [7, 11) is 5.55. The maximum atomic E-state index is 13.9. The van der Waals surface area contributed by atoms with E-state index in [1.54, 1.807) is 88.4 Å². The second-order valence-electron chi connectivity index (χ2n) is 37.3. The number of alkyl halides is 8. The normalized spacial score (nSPS) is 17.3. The third-order valence-corrected chi connectivity index (χ3v) is 27.2. The Morgan fingerprint density at radius 1 is 0.321 bits per heavy atom. The van der Waals surface area contributed by atoms with E-state index in [9.17, 15) is 121 Å². The van der Waals surface area contributed by atoms with Gasteiger partial charge in [0.15, 0.2) is 0 Å². The molecule has 4 fully saturated rings. The fourth-order valence-electron chi connectivity index (χ4n) is 19.7. The molecule has 16 rings (SSSR count). The second kappa shape index (κ2) is 38.4.